The Kier molecular flexibility index (Phi) is 6.85. The molecule has 0 bridgehead atoms. The molecule has 2 aliphatic heterocycles. The van der Waals surface area contributed by atoms with E-state index in [9.17, 15) is 9.59 Å². The topological polar surface area (TPSA) is 59.1 Å². The van der Waals surface area contributed by atoms with Gasteiger partial charge in [0.2, 0.25) is 5.91 Å². The number of hydrogen-bond acceptors (Lipinski definition) is 4. The Balaban J connectivity index is 1.75. The highest BCUT2D eigenvalue weighted by atomic mass is 16.5. The number of carbonyl (C=O) groups is 2. The molecule has 0 spiro atoms. The van der Waals surface area contributed by atoms with Crippen LogP contribution < -0.4 is 0 Å². The highest BCUT2D eigenvalue weighted by Gasteiger charge is 2.35. The maximum Gasteiger partial charge on any atom is 0.253 e. The zero-order valence-corrected chi connectivity index (χ0v) is 16.4. The van der Waals surface area contributed by atoms with Gasteiger partial charge in [-0.15, -0.1) is 0 Å². The van der Waals surface area contributed by atoms with Crippen molar-refractivity contribution in [2.24, 2.45) is 0 Å². The molecule has 148 valence electrons. The Morgan fingerprint density at radius 3 is 2.70 bits per heavy atom. The molecular formula is C21H30N2O4. The van der Waals surface area contributed by atoms with Crippen LogP contribution in [0, 0.1) is 6.92 Å². The molecule has 2 fully saturated rings. The Labute approximate surface area is 161 Å². The Hall–Kier alpha value is -1.92. The van der Waals surface area contributed by atoms with Crippen molar-refractivity contribution >= 4 is 11.8 Å². The standard InChI is InChI=1S/C21H30N2O4/c1-16-5-3-6-17(13-16)21(25)22-10-4-7-19(14-22)23(20(24)15-26-2)18-8-11-27-12-9-18/h3,5-6,13,18-19H,4,7-12,14-15H2,1-2H3. The first-order valence-corrected chi connectivity index (χ1v) is 9.84. The van der Waals surface area contributed by atoms with Crippen molar-refractivity contribution in [3.8, 4) is 0 Å². The normalized spacial score (nSPS) is 21.1. The van der Waals surface area contributed by atoms with Gasteiger partial charge in [-0.3, -0.25) is 9.59 Å². The van der Waals surface area contributed by atoms with Gasteiger partial charge < -0.3 is 19.3 Å². The summed E-state index contributed by atoms with van der Waals surface area (Å²) in [6.45, 7) is 4.76. The molecule has 2 heterocycles. The molecular weight excluding hydrogens is 344 g/mol. The van der Waals surface area contributed by atoms with Gasteiger partial charge in [0, 0.05) is 51.1 Å². The minimum atomic E-state index is 0.0132. The van der Waals surface area contributed by atoms with Gasteiger partial charge in [0.25, 0.3) is 5.91 Å². The Bertz CT molecular complexity index is 657. The molecule has 0 aromatic heterocycles. The molecule has 0 radical (unpaired) electrons. The lowest BCUT2D eigenvalue weighted by Gasteiger charge is -2.44. The number of amides is 2. The van der Waals surface area contributed by atoms with E-state index in [1.807, 2.05) is 41.0 Å². The van der Waals surface area contributed by atoms with Crippen LogP contribution in [0.25, 0.3) is 0 Å². The van der Waals surface area contributed by atoms with Gasteiger partial charge in [0.1, 0.15) is 6.61 Å². The van der Waals surface area contributed by atoms with Crippen LogP contribution >= 0.6 is 0 Å². The number of likely N-dealkylation sites (tertiary alicyclic amines) is 1. The van der Waals surface area contributed by atoms with Crippen LogP contribution in [0.1, 0.15) is 41.6 Å². The number of nitrogens with zero attached hydrogens (tertiary/aromatic N) is 2. The van der Waals surface area contributed by atoms with E-state index in [2.05, 4.69) is 0 Å². The number of ether oxygens (including phenoxy) is 2. The van der Waals surface area contributed by atoms with Crippen molar-refractivity contribution in [1.82, 2.24) is 9.80 Å². The van der Waals surface area contributed by atoms with E-state index in [1.54, 1.807) is 7.11 Å². The third-order valence-electron chi connectivity index (χ3n) is 5.48. The van der Waals surface area contributed by atoms with E-state index in [1.165, 1.54) is 0 Å². The summed E-state index contributed by atoms with van der Waals surface area (Å²) in [5.74, 6) is 0.0637. The van der Waals surface area contributed by atoms with Gasteiger partial charge in [-0.25, -0.2) is 0 Å². The van der Waals surface area contributed by atoms with Crippen molar-refractivity contribution < 1.29 is 19.1 Å². The third-order valence-corrected chi connectivity index (χ3v) is 5.48. The van der Waals surface area contributed by atoms with Crippen LogP contribution in [0.15, 0.2) is 24.3 Å². The monoisotopic (exact) mass is 374 g/mol. The number of hydrogen-bond donors (Lipinski definition) is 0. The maximum absolute atomic E-state index is 13.0. The largest absolute Gasteiger partial charge is 0.381 e. The molecule has 3 rings (SSSR count). The van der Waals surface area contributed by atoms with Gasteiger partial charge in [0.15, 0.2) is 0 Å². The number of piperidine rings is 1. The van der Waals surface area contributed by atoms with Gasteiger partial charge in [-0.05, 0) is 44.7 Å². The van der Waals surface area contributed by atoms with E-state index in [0.717, 1.165) is 43.4 Å². The van der Waals surface area contributed by atoms with Crippen LogP contribution in [0.2, 0.25) is 0 Å². The number of benzene rings is 1. The Morgan fingerprint density at radius 2 is 2.00 bits per heavy atom. The van der Waals surface area contributed by atoms with E-state index >= 15 is 0 Å². The average molecular weight is 374 g/mol. The molecule has 1 atom stereocenters. The van der Waals surface area contributed by atoms with E-state index in [4.69, 9.17) is 9.47 Å². The Morgan fingerprint density at radius 1 is 1.22 bits per heavy atom. The summed E-state index contributed by atoms with van der Waals surface area (Å²) in [4.78, 5) is 29.6. The van der Waals surface area contributed by atoms with Gasteiger partial charge in [-0.1, -0.05) is 17.7 Å². The fourth-order valence-electron chi connectivity index (χ4n) is 4.19. The smallest absolute Gasteiger partial charge is 0.253 e. The molecule has 0 saturated carbocycles. The zero-order valence-electron chi connectivity index (χ0n) is 16.4. The third kappa shape index (κ3) is 4.87. The first-order chi connectivity index (χ1) is 13.1. The lowest BCUT2D eigenvalue weighted by molar-refractivity contribution is -0.143. The SMILES string of the molecule is COCC(=O)N(C1CCOCC1)C1CCCN(C(=O)c2cccc(C)c2)C1. The first-order valence-electron chi connectivity index (χ1n) is 9.84. The summed E-state index contributed by atoms with van der Waals surface area (Å²) in [6, 6.07) is 7.91. The number of methoxy groups -OCH3 is 1. The molecule has 1 unspecified atom stereocenters. The van der Waals surface area contributed by atoms with Crippen LogP contribution in [0.5, 0.6) is 0 Å². The van der Waals surface area contributed by atoms with E-state index < -0.39 is 0 Å². The van der Waals surface area contributed by atoms with Crippen molar-refractivity contribution in [2.45, 2.75) is 44.7 Å². The molecule has 0 aliphatic carbocycles. The highest BCUT2D eigenvalue weighted by Crippen LogP contribution is 2.24. The van der Waals surface area contributed by atoms with Crippen molar-refractivity contribution in [2.75, 3.05) is 40.0 Å². The summed E-state index contributed by atoms with van der Waals surface area (Å²) in [6.07, 6.45) is 3.52. The van der Waals surface area contributed by atoms with Crippen molar-refractivity contribution in [1.29, 1.82) is 0 Å². The summed E-state index contributed by atoms with van der Waals surface area (Å²) < 4.78 is 10.6. The summed E-state index contributed by atoms with van der Waals surface area (Å²) in [5.41, 5.74) is 1.80. The molecule has 2 aliphatic rings. The average Bonchev–Trinajstić information content (AvgIpc) is 2.69. The second-order valence-corrected chi connectivity index (χ2v) is 7.49. The minimum Gasteiger partial charge on any atom is -0.381 e. The second-order valence-electron chi connectivity index (χ2n) is 7.49. The van der Waals surface area contributed by atoms with Gasteiger partial charge >= 0.3 is 0 Å². The number of carbonyl (C=O) groups excluding carboxylic acids is 2. The molecule has 6 heteroatoms. The van der Waals surface area contributed by atoms with Gasteiger partial charge in [-0.2, -0.15) is 0 Å². The van der Waals surface area contributed by atoms with E-state index in [0.29, 0.717) is 19.8 Å². The van der Waals surface area contributed by atoms with Crippen LogP contribution in [-0.2, 0) is 14.3 Å². The zero-order chi connectivity index (χ0) is 19.2. The van der Waals surface area contributed by atoms with Crippen molar-refractivity contribution in [3.05, 3.63) is 35.4 Å². The second kappa shape index (κ2) is 9.33. The fraction of sp³-hybridized carbons (Fsp3) is 0.619. The fourth-order valence-corrected chi connectivity index (χ4v) is 4.19. The minimum absolute atomic E-state index is 0.0132. The molecule has 1 aromatic rings. The molecule has 27 heavy (non-hydrogen) atoms. The number of rotatable bonds is 5. The molecule has 2 saturated heterocycles. The lowest BCUT2D eigenvalue weighted by Crippen LogP contribution is -2.56. The maximum atomic E-state index is 13.0. The van der Waals surface area contributed by atoms with E-state index in [-0.39, 0.29) is 30.5 Å². The predicted octanol–water partition coefficient (Wildman–Crippen LogP) is 2.25. The molecule has 0 N–H and O–H groups in total. The van der Waals surface area contributed by atoms with Gasteiger partial charge in [0.05, 0.1) is 0 Å². The molecule has 6 nitrogen and oxygen atoms in total. The quantitative estimate of drug-likeness (QED) is 0.793. The van der Waals surface area contributed by atoms with Crippen LogP contribution in [-0.4, -0.2) is 73.7 Å². The summed E-state index contributed by atoms with van der Waals surface area (Å²) in [5, 5.41) is 0. The molecule has 2 amide bonds. The predicted molar refractivity (Wildman–Crippen MR) is 103 cm³/mol. The highest BCUT2D eigenvalue weighted by molar-refractivity contribution is 5.94. The first kappa shape index (κ1) is 19.8. The van der Waals surface area contributed by atoms with Crippen molar-refractivity contribution in [3.63, 3.8) is 0 Å². The summed E-state index contributed by atoms with van der Waals surface area (Å²) in [7, 11) is 1.55. The lowest BCUT2D eigenvalue weighted by atomic mass is 9.97. The van der Waals surface area contributed by atoms with Crippen LogP contribution in [0.4, 0.5) is 0 Å². The summed E-state index contributed by atoms with van der Waals surface area (Å²) >= 11 is 0. The van der Waals surface area contributed by atoms with Crippen LogP contribution in [0.3, 0.4) is 0 Å². The molecule has 1 aromatic carbocycles. The number of aryl methyl sites for hydroxylation is 1.